The summed E-state index contributed by atoms with van der Waals surface area (Å²) in [6, 6.07) is 5.40. The average molecular weight is 309 g/mol. The van der Waals surface area contributed by atoms with Crippen molar-refractivity contribution in [2.45, 2.75) is 12.5 Å². The van der Waals surface area contributed by atoms with Gasteiger partial charge in [0, 0.05) is 19.2 Å². The molecular formula is C14H19N3O3S. The number of carbonyl (C=O) groups excluding carboxylic acids is 1. The largest absolute Gasteiger partial charge is 0.387 e. The summed E-state index contributed by atoms with van der Waals surface area (Å²) in [5.74, 6) is 0.204. The van der Waals surface area contributed by atoms with Crippen LogP contribution in [0.15, 0.2) is 28.1 Å². The molecule has 0 radical (unpaired) electrons. The van der Waals surface area contributed by atoms with E-state index in [2.05, 4.69) is 10.5 Å². The summed E-state index contributed by atoms with van der Waals surface area (Å²) in [6.07, 6.45) is 0. The lowest BCUT2D eigenvalue weighted by Gasteiger charge is -2.26. The zero-order valence-electron chi connectivity index (χ0n) is 12.3. The molecule has 1 atom stereocenters. The van der Waals surface area contributed by atoms with Crippen LogP contribution in [0.5, 0.6) is 0 Å². The van der Waals surface area contributed by atoms with Gasteiger partial charge < -0.3 is 19.8 Å². The molecule has 0 spiro atoms. The highest BCUT2D eigenvalue weighted by Crippen LogP contribution is 2.25. The molecule has 0 aliphatic rings. The molecule has 2 heterocycles. The van der Waals surface area contributed by atoms with E-state index in [0.29, 0.717) is 12.3 Å². The van der Waals surface area contributed by atoms with Crippen molar-refractivity contribution >= 4 is 17.2 Å². The molecule has 1 amide bonds. The fraction of sp³-hybridized carbons (Fsp3) is 0.429. The predicted molar refractivity (Wildman–Crippen MR) is 81.3 cm³/mol. The molecule has 2 rings (SSSR count). The van der Waals surface area contributed by atoms with E-state index >= 15 is 0 Å². The van der Waals surface area contributed by atoms with E-state index < -0.39 is 5.60 Å². The Bertz CT molecular complexity index is 590. The molecule has 21 heavy (non-hydrogen) atoms. The van der Waals surface area contributed by atoms with E-state index in [9.17, 15) is 9.90 Å². The highest BCUT2D eigenvalue weighted by molar-refractivity contribution is 7.13. The Balaban J connectivity index is 1.95. The minimum atomic E-state index is -1.00. The zero-order chi connectivity index (χ0) is 15.5. The molecule has 2 aromatic heterocycles. The molecule has 0 saturated heterocycles. The predicted octanol–water partition coefficient (Wildman–Crippen LogP) is 1.45. The van der Waals surface area contributed by atoms with Crippen LogP contribution >= 0.6 is 11.3 Å². The molecule has 2 N–H and O–H groups in total. The summed E-state index contributed by atoms with van der Waals surface area (Å²) in [5.41, 5.74) is -0.793. The van der Waals surface area contributed by atoms with Gasteiger partial charge in [0.1, 0.15) is 0 Å². The van der Waals surface area contributed by atoms with Gasteiger partial charge in [0.15, 0.2) is 11.5 Å². The number of aromatic nitrogens is 1. The minimum absolute atomic E-state index is 0.144. The summed E-state index contributed by atoms with van der Waals surface area (Å²) < 4.78 is 5.16. The molecule has 0 fully saturated rings. The Morgan fingerprint density at radius 1 is 1.57 bits per heavy atom. The van der Waals surface area contributed by atoms with E-state index in [1.54, 1.807) is 13.0 Å². The highest BCUT2D eigenvalue weighted by Gasteiger charge is 2.23. The number of aliphatic hydroxyl groups is 1. The van der Waals surface area contributed by atoms with Crippen molar-refractivity contribution in [3.8, 4) is 10.6 Å². The van der Waals surface area contributed by atoms with Crippen molar-refractivity contribution < 1.29 is 14.4 Å². The molecule has 0 aliphatic heterocycles. The summed E-state index contributed by atoms with van der Waals surface area (Å²) in [5, 5.41) is 18.5. The third-order valence-corrected chi connectivity index (χ3v) is 3.68. The molecule has 0 saturated carbocycles. The number of rotatable bonds is 6. The van der Waals surface area contributed by atoms with Crippen LogP contribution in [0.2, 0.25) is 0 Å². The first-order valence-electron chi connectivity index (χ1n) is 6.53. The van der Waals surface area contributed by atoms with Gasteiger partial charge in [-0.05, 0) is 32.5 Å². The lowest BCUT2D eigenvalue weighted by molar-refractivity contribution is 0.0324. The molecule has 114 valence electrons. The second kappa shape index (κ2) is 6.38. The number of carbonyl (C=O) groups is 1. The molecule has 1 unspecified atom stereocenters. The number of amides is 1. The van der Waals surface area contributed by atoms with E-state index in [0.717, 1.165) is 4.88 Å². The van der Waals surface area contributed by atoms with Crippen LogP contribution < -0.4 is 5.32 Å². The smallest absolute Gasteiger partial charge is 0.273 e. The Labute approximate surface area is 127 Å². The van der Waals surface area contributed by atoms with Crippen molar-refractivity contribution in [3.05, 3.63) is 29.3 Å². The maximum atomic E-state index is 12.0. The van der Waals surface area contributed by atoms with Crippen molar-refractivity contribution in [1.82, 2.24) is 15.4 Å². The fourth-order valence-corrected chi connectivity index (χ4v) is 2.69. The Hall–Kier alpha value is -1.70. The summed E-state index contributed by atoms with van der Waals surface area (Å²) in [4.78, 5) is 14.8. The number of thiophene rings is 1. The van der Waals surface area contributed by atoms with Crippen molar-refractivity contribution in [2.24, 2.45) is 0 Å². The molecule has 2 aromatic rings. The number of nitrogens with one attached hydrogen (secondary N) is 1. The van der Waals surface area contributed by atoms with Crippen LogP contribution in [0.25, 0.3) is 10.6 Å². The van der Waals surface area contributed by atoms with Crippen LogP contribution in [-0.4, -0.2) is 53.9 Å². The third-order valence-electron chi connectivity index (χ3n) is 2.79. The molecule has 0 aromatic carbocycles. The topological polar surface area (TPSA) is 78.6 Å². The van der Waals surface area contributed by atoms with Gasteiger partial charge in [0.2, 0.25) is 0 Å². The second-order valence-corrected chi connectivity index (χ2v) is 6.42. The van der Waals surface area contributed by atoms with Crippen LogP contribution in [0.1, 0.15) is 17.4 Å². The van der Waals surface area contributed by atoms with Crippen LogP contribution in [0, 0.1) is 0 Å². The number of hydrogen-bond donors (Lipinski definition) is 2. The van der Waals surface area contributed by atoms with Gasteiger partial charge in [0.05, 0.1) is 10.5 Å². The zero-order valence-corrected chi connectivity index (χ0v) is 13.1. The lowest BCUT2D eigenvalue weighted by atomic mass is 10.1. The van der Waals surface area contributed by atoms with E-state index in [1.807, 2.05) is 36.5 Å². The molecule has 7 heteroatoms. The van der Waals surface area contributed by atoms with Crippen LogP contribution in [0.4, 0.5) is 0 Å². The normalized spacial score (nSPS) is 14.1. The van der Waals surface area contributed by atoms with Crippen molar-refractivity contribution in [1.29, 1.82) is 0 Å². The average Bonchev–Trinajstić information content (AvgIpc) is 3.04. The first-order chi connectivity index (χ1) is 9.87. The minimum Gasteiger partial charge on any atom is -0.387 e. The van der Waals surface area contributed by atoms with Gasteiger partial charge in [0.25, 0.3) is 5.91 Å². The first-order valence-corrected chi connectivity index (χ1v) is 7.41. The number of hydrogen-bond acceptors (Lipinski definition) is 6. The maximum Gasteiger partial charge on any atom is 0.273 e. The lowest BCUT2D eigenvalue weighted by Crippen LogP contribution is -2.47. The highest BCUT2D eigenvalue weighted by atomic mass is 32.1. The van der Waals surface area contributed by atoms with Gasteiger partial charge in [-0.15, -0.1) is 11.3 Å². The Morgan fingerprint density at radius 2 is 2.33 bits per heavy atom. The fourth-order valence-electron chi connectivity index (χ4n) is 2.02. The second-order valence-electron chi connectivity index (χ2n) is 5.47. The van der Waals surface area contributed by atoms with Crippen molar-refractivity contribution in [3.63, 3.8) is 0 Å². The van der Waals surface area contributed by atoms with Gasteiger partial charge in [-0.1, -0.05) is 11.2 Å². The quantitative estimate of drug-likeness (QED) is 0.844. The van der Waals surface area contributed by atoms with E-state index in [4.69, 9.17) is 4.52 Å². The van der Waals surface area contributed by atoms with Crippen LogP contribution in [0.3, 0.4) is 0 Å². The molecule has 0 bridgehead atoms. The van der Waals surface area contributed by atoms with Gasteiger partial charge >= 0.3 is 0 Å². The van der Waals surface area contributed by atoms with Gasteiger partial charge in [-0.2, -0.15) is 0 Å². The Morgan fingerprint density at radius 3 is 2.95 bits per heavy atom. The summed E-state index contributed by atoms with van der Waals surface area (Å²) in [6.45, 7) is 2.27. The van der Waals surface area contributed by atoms with Gasteiger partial charge in [-0.25, -0.2) is 0 Å². The molecule has 0 aliphatic carbocycles. The van der Waals surface area contributed by atoms with Crippen LogP contribution in [-0.2, 0) is 0 Å². The summed E-state index contributed by atoms with van der Waals surface area (Å²) >= 11 is 1.51. The van der Waals surface area contributed by atoms with Gasteiger partial charge in [-0.3, -0.25) is 4.79 Å². The number of nitrogens with zero attached hydrogens (tertiary/aromatic N) is 2. The SMILES string of the molecule is CN(C)CC(C)(O)CNC(=O)c1cc(-c2cccs2)on1. The number of likely N-dealkylation sites (N-methyl/N-ethyl adjacent to an activating group) is 1. The van der Waals surface area contributed by atoms with E-state index in [1.165, 1.54) is 11.3 Å². The standard InChI is InChI=1S/C14H19N3O3S/c1-14(19,9-17(2)3)8-15-13(18)10-7-11(20-16-10)12-5-4-6-21-12/h4-7,19H,8-9H2,1-3H3,(H,15,18). The maximum absolute atomic E-state index is 12.0. The molecule has 6 nitrogen and oxygen atoms in total. The Kier molecular flexibility index (Phi) is 4.76. The third kappa shape index (κ3) is 4.38. The monoisotopic (exact) mass is 309 g/mol. The summed E-state index contributed by atoms with van der Waals surface area (Å²) in [7, 11) is 3.72. The molecular weight excluding hydrogens is 290 g/mol. The van der Waals surface area contributed by atoms with Crippen molar-refractivity contribution in [2.75, 3.05) is 27.2 Å². The van der Waals surface area contributed by atoms with E-state index in [-0.39, 0.29) is 18.1 Å². The first kappa shape index (κ1) is 15.7.